The van der Waals surface area contributed by atoms with Gasteiger partial charge in [0.1, 0.15) is 17.6 Å². The van der Waals surface area contributed by atoms with E-state index in [0.29, 0.717) is 6.07 Å². The Morgan fingerprint density at radius 2 is 1.74 bits per heavy atom. The topological polar surface area (TPSA) is 93.1 Å². The number of sulfonamides is 1. The molecule has 224 valence electrons. The highest BCUT2D eigenvalue weighted by molar-refractivity contribution is 7.92. The third-order valence-electron chi connectivity index (χ3n) is 6.38. The maximum atomic E-state index is 13.7. The number of hydrogen-bond acceptors (Lipinski definition) is 5. The summed E-state index contributed by atoms with van der Waals surface area (Å²) in [5, 5.41) is 9.07. The van der Waals surface area contributed by atoms with Crippen LogP contribution in [0.4, 0.5) is 32.0 Å². The lowest BCUT2D eigenvalue weighted by atomic mass is 10.0. The molecule has 14 heteroatoms. The highest BCUT2D eigenvalue weighted by Crippen LogP contribution is 2.41. The van der Waals surface area contributed by atoms with Gasteiger partial charge in [0.05, 0.1) is 35.4 Å². The standard InChI is InChI=1S/C28H23F6NO6S/c1-40-24-7-3-6-22(28(32,33)34)21(24)11-8-17-9-12-25-23(14-17)35(16-19(41-25)10-13-26(36)37)42(38,39)20-5-2-4-18(15-20)27(29,30)31/h2-9,11-12,14-15,19H,10,13,16H2,1H3,(H,36,37)/b11-8+/t19-/m0/s1. The maximum Gasteiger partial charge on any atom is 0.417 e. The molecule has 1 atom stereocenters. The zero-order valence-electron chi connectivity index (χ0n) is 21.7. The number of anilines is 1. The minimum absolute atomic E-state index is 0.00221. The number of fused-ring (bicyclic) bond motifs is 1. The number of rotatable bonds is 8. The van der Waals surface area contributed by atoms with Gasteiger partial charge >= 0.3 is 18.3 Å². The zero-order chi connectivity index (χ0) is 30.9. The van der Waals surface area contributed by atoms with Crippen LogP contribution in [-0.4, -0.2) is 39.3 Å². The van der Waals surface area contributed by atoms with Crippen LogP contribution in [-0.2, 0) is 27.2 Å². The van der Waals surface area contributed by atoms with Crippen molar-refractivity contribution in [1.29, 1.82) is 0 Å². The maximum absolute atomic E-state index is 13.7. The van der Waals surface area contributed by atoms with E-state index in [1.807, 2.05) is 0 Å². The molecule has 3 aromatic carbocycles. The molecule has 0 fully saturated rings. The van der Waals surface area contributed by atoms with Crippen LogP contribution in [0, 0.1) is 0 Å². The number of carboxylic acids is 1. The predicted octanol–water partition coefficient (Wildman–Crippen LogP) is 6.72. The zero-order valence-corrected chi connectivity index (χ0v) is 22.6. The fourth-order valence-electron chi connectivity index (χ4n) is 4.38. The van der Waals surface area contributed by atoms with Crippen LogP contribution in [0.3, 0.4) is 0 Å². The molecule has 42 heavy (non-hydrogen) atoms. The average Bonchev–Trinajstić information content (AvgIpc) is 2.93. The quantitative estimate of drug-likeness (QED) is 0.223. The van der Waals surface area contributed by atoms with E-state index < -0.39 is 57.0 Å². The normalized spacial score (nSPS) is 15.8. The number of hydrogen-bond donors (Lipinski definition) is 1. The van der Waals surface area contributed by atoms with Crippen molar-refractivity contribution in [2.45, 2.75) is 36.2 Å². The first-order valence-electron chi connectivity index (χ1n) is 12.3. The minimum Gasteiger partial charge on any atom is -0.496 e. The van der Waals surface area contributed by atoms with Crippen molar-refractivity contribution in [3.05, 3.63) is 82.9 Å². The molecular weight excluding hydrogens is 592 g/mol. The fourth-order valence-corrected chi connectivity index (χ4v) is 5.92. The first-order chi connectivity index (χ1) is 19.6. The van der Waals surface area contributed by atoms with Gasteiger partial charge in [0, 0.05) is 12.0 Å². The summed E-state index contributed by atoms with van der Waals surface area (Å²) in [6.07, 6.45) is -8.48. The fraction of sp³-hybridized carbons (Fsp3) is 0.250. The van der Waals surface area contributed by atoms with Crippen molar-refractivity contribution in [3.63, 3.8) is 0 Å². The summed E-state index contributed by atoms with van der Waals surface area (Å²) < 4.78 is 120. The van der Waals surface area contributed by atoms with Crippen LogP contribution >= 0.6 is 0 Å². The lowest BCUT2D eigenvalue weighted by Crippen LogP contribution is -2.43. The van der Waals surface area contributed by atoms with Gasteiger partial charge in [-0.3, -0.25) is 9.10 Å². The van der Waals surface area contributed by atoms with E-state index in [1.54, 1.807) is 0 Å². The smallest absolute Gasteiger partial charge is 0.417 e. The number of carbonyl (C=O) groups is 1. The van der Waals surface area contributed by atoms with Crippen molar-refractivity contribution in [1.82, 2.24) is 0 Å². The number of benzene rings is 3. The summed E-state index contributed by atoms with van der Waals surface area (Å²) in [5.41, 5.74) is -2.27. The summed E-state index contributed by atoms with van der Waals surface area (Å²) in [6.45, 7) is -0.420. The van der Waals surface area contributed by atoms with E-state index in [1.165, 1.54) is 43.5 Å². The molecule has 0 aromatic heterocycles. The van der Waals surface area contributed by atoms with E-state index in [-0.39, 0.29) is 41.2 Å². The Balaban J connectivity index is 1.79. The van der Waals surface area contributed by atoms with E-state index in [0.717, 1.165) is 34.6 Å². The van der Waals surface area contributed by atoms with Crippen LogP contribution in [0.5, 0.6) is 11.5 Å². The van der Waals surface area contributed by atoms with Gasteiger partial charge in [-0.15, -0.1) is 0 Å². The number of carboxylic acid groups (broad SMARTS) is 1. The molecular formula is C28H23F6NO6S. The Bertz CT molecular complexity index is 1620. The lowest BCUT2D eigenvalue weighted by Gasteiger charge is -2.35. The van der Waals surface area contributed by atoms with Crippen molar-refractivity contribution < 1.29 is 54.1 Å². The Kier molecular flexibility index (Phi) is 8.48. The average molecular weight is 616 g/mol. The molecule has 0 bridgehead atoms. The number of ether oxygens (including phenoxy) is 2. The molecule has 0 amide bonds. The highest BCUT2D eigenvalue weighted by Gasteiger charge is 2.37. The number of nitrogens with zero attached hydrogens (tertiary/aromatic N) is 1. The highest BCUT2D eigenvalue weighted by atomic mass is 32.2. The van der Waals surface area contributed by atoms with E-state index in [2.05, 4.69) is 0 Å². The molecule has 1 aliphatic rings. The van der Waals surface area contributed by atoms with E-state index in [4.69, 9.17) is 14.6 Å². The van der Waals surface area contributed by atoms with Gasteiger partial charge in [-0.05, 0) is 54.4 Å². The first kappa shape index (κ1) is 30.8. The van der Waals surface area contributed by atoms with Crippen molar-refractivity contribution in [2.24, 2.45) is 0 Å². The second-order valence-corrected chi connectivity index (χ2v) is 11.1. The molecule has 4 rings (SSSR count). The van der Waals surface area contributed by atoms with Gasteiger partial charge < -0.3 is 14.6 Å². The van der Waals surface area contributed by atoms with Gasteiger partial charge in [-0.1, -0.05) is 30.4 Å². The summed E-state index contributed by atoms with van der Waals surface area (Å²) in [4.78, 5) is 10.4. The largest absolute Gasteiger partial charge is 0.496 e. The van der Waals surface area contributed by atoms with Crippen molar-refractivity contribution in [3.8, 4) is 11.5 Å². The Morgan fingerprint density at radius 1 is 1.02 bits per heavy atom. The van der Waals surface area contributed by atoms with Crippen LogP contribution in [0.1, 0.15) is 35.1 Å². The van der Waals surface area contributed by atoms with Gasteiger partial charge in [-0.25, -0.2) is 8.42 Å². The molecule has 0 radical (unpaired) electrons. The minimum atomic E-state index is -4.82. The molecule has 0 saturated heterocycles. The number of halogens is 6. The monoisotopic (exact) mass is 615 g/mol. The van der Waals surface area contributed by atoms with Gasteiger partial charge in [0.15, 0.2) is 0 Å². The van der Waals surface area contributed by atoms with Crippen LogP contribution < -0.4 is 13.8 Å². The molecule has 1 aliphatic heterocycles. The summed E-state index contributed by atoms with van der Waals surface area (Å²) in [7, 11) is -3.43. The van der Waals surface area contributed by atoms with Crippen LogP contribution in [0.15, 0.2) is 65.6 Å². The molecule has 3 aromatic rings. The SMILES string of the molecule is COc1cccc(C(F)(F)F)c1/C=C/c1ccc2c(c1)N(S(=O)(=O)c1cccc(C(F)(F)F)c1)C[C@H](CCC(=O)O)O2. The molecule has 0 spiro atoms. The first-order valence-corrected chi connectivity index (χ1v) is 13.7. The van der Waals surface area contributed by atoms with Crippen LogP contribution in [0.25, 0.3) is 12.2 Å². The Hall–Kier alpha value is -4.20. The molecule has 7 nitrogen and oxygen atoms in total. The second-order valence-electron chi connectivity index (χ2n) is 9.21. The van der Waals surface area contributed by atoms with Crippen molar-refractivity contribution in [2.75, 3.05) is 18.0 Å². The van der Waals surface area contributed by atoms with E-state index >= 15 is 0 Å². The Morgan fingerprint density at radius 3 is 2.38 bits per heavy atom. The summed E-state index contributed by atoms with van der Waals surface area (Å²) in [6, 6.07) is 10.6. The predicted molar refractivity (Wildman–Crippen MR) is 141 cm³/mol. The number of aliphatic carboxylic acids is 1. The molecule has 1 heterocycles. The second kappa shape index (κ2) is 11.6. The van der Waals surface area contributed by atoms with Gasteiger partial charge in [-0.2, -0.15) is 26.3 Å². The van der Waals surface area contributed by atoms with Crippen LogP contribution in [0.2, 0.25) is 0 Å². The van der Waals surface area contributed by atoms with E-state index in [9.17, 15) is 39.6 Å². The molecule has 0 unspecified atom stereocenters. The molecule has 1 N–H and O–H groups in total. The summed E-state index contributed by atoms with van der Waals surface area (Å²) in [5.74, 6) is -1.22. The van der Waals surface area contributed by atoms with Crippen molar-refractivity contribution >= 4 is 33.8 Å². The number of alkyl halides is 6. The summed E-state index contributed by atoms with van der Waals surface area (Å²) >= 11 is 0. The third-order valence-corrected chi connectivity index (χ3v) is 8.15. The number of methoxy groups -OCH3 is 1. The van der Waals surface area contributed by atoms with Gasteiger partial charge in [0.25, 0.3) is 10.0 Å². The van der Waals surface area contributed by atoms with Gasteiger partial charge in [0.2, 0.25) is 0 Å². The Labute approximate surface area is 236 Å². The third kappa shape index (κ3) is 6.64. The molecule has 0 aliphatic carbocycles. The molecule has 0 saturated carbocycles. The lowest BCUT2D eigenvalue weighted by molar-refractivity contribution is -0.138.